The van der Waals surface area contributed by atoms with Gasteiger partial charge >= 0.3 is 0 Å². The Morgan fingerprint density at radius 2 is 2.03 bits per heavy atom. The molecule has 3 aromatic rings. The van der Waals surface area contributed by atoms with Crippen LogP contribution in [0.2, 0.25) is 0 Å². The minimum Gasteiger partial charge on any atom is -0.394 e. The van der Waals surface area contributed by atoms with Crippen LogP contribution >= 0.6 is 0 Å². The SMILES string of the molecule is CNC(=O)CCc1cnn(-c2nc(NC3CCCC3)c3ncn([C@@H]4O[C@H](CO)[C@@H](O)[C@@H]4O)c3n2)c1. The lowest BCUT2D eigenvalue weighted by molar-refractivity contribution is -0.120. The van der Waals surface area contributed by atoms with E-state index in [2.05, 4.69) is 25.7 Å². The minimum absolute atomic E-state index is 0.0548. The second-order valence-electron chi connectivity index (χ2n) is 9.02. The number of rotatable bonds is 8. The topological polar surface area (TPSA) is 172 Å². The fourth-order valence-corrected chi connectivity index (χ4v) is 4.65. The Kier molecular flexibility index (Phi) is 6.65. The first-order valence-electron chi connectivity index (χ1n) is 11.9. The van der Waals surface area contributed by atoms with Crippen LogP contribution in [0.4, 0.5) is 5.82 Å². The Bertz CT molecular complexity index is 1190. The van der Waals surface area contributed by atoms with E-state index in [1.165, 1.54) is 11.0 Å². The first-order chi connectivity index (χ1) is 17.0. The number of aryl methyl sites for hydroxylation is 1. The number of hydrogen-bond acceptors (Lipinski definition) is 10. The van der Waals surface area contributed by atoms with Crippen LogP contribution in [0.5, 0.6) is 0 Å². The van der Waals surface area contributed by atoms with Gasteiger partial charge in [-0.15, -0.1) is 0 Å². The summed E-state index contributed by atoms with van der Waals surface area (Å²) in [6, 6.07) is 0.265. The van der Waals surface area contributed by atoms with E-state index in [0.29, 0.717) is 29.8 Å². The van der Waals surface area contributed by atoms with Crippen LogP contribution in [-0.2, 0) is 16.0 Å². The second kappa shape index (κ2) is 9.85. The molecule has 0 spiro atoms. The number of aliphatic hydroxyl groups is 3. The Morgan fingerprint density at radius 3 is 2.74 bits per heavy atom. The van der Waals surface area contributed by atoms with Crippen LogP contribution in [0.25, 0.3) is 17.1 Å². The highest BCUT2D eigenvalue weighted by atomic mass is 16.6. The van der Waals surface area contributed by atoms with E-state index in [4.69, 9.17) is 9.72 Å². The number of aromatic nitrogens is 6. The Hall–Kier alpha value is -3.13. The Labute approximate surface area is 201 Å². The monoisotopic (exact) mass is 486 g/mol. The van der Waals surface area contributed by atoms with Crippen LogP contribution in [0.3, 0.4) is 0 Å². The number of carbonyl (C=O) groups excluding carboxylic acids is 1. The van der Waals surface area contributed by atoms with Gasteiger partial charge in [-0.25, -0.2) is 9.67 Å². The van der Waals surface area contributed by atoms with E-state index < -0.39 is 31.1 Å². The van der Waals surface area contributed by atoms with Crippen molar-refractivity contribution in [2.24, 2.45) is 0 Å². The van der Waals surface area contributed by atoms with E-state index in [1.54, 1.807) is 24.0 Å². The average molecular weight is 487 g/mol. The van der Waals surface area contributed by atoms with Crippen LogP contribution < -0.4 is 10.6 Å². The maximum absolute atomic E-state index is 11.6. The molecule has 1 amide bonds. The lowest BCUT2D eigenvalue weighted by Gasteiger charge is -2.18. The highest BCUT2D eigenvalue weighted by Crippen LogP contribution is 2.33. The highest BCUT2D eigenvalue weighted by molar-refractivity contribution is 5.84. The molecule has 0 radical (unpaired) electrons. The van der Waals surface area contributed by atoms with E-state index in [-0.39, 0.29) is 17.9 Å². The summed E-state index contributed by atoms with van der Waals surface area (Å²) in [7, 11) is 1.60. The van der Waals surface area contributed by atoms with Crippen LogP contribution in [-0.4, -0.2) is 88.5 Å². The van der Waals surface area contributed by atoms with Gasteiger partial charge in [0.05, 0.1) is 19.1 Å². The summed E-state index contributed by atoms with van der Waals surface area (Å²) in [5.74, 6) is 0.781. The number of imidazole rings is 1. The van der Waals surface area contributed by atoms with Crippen molar-refractivity contribution in [2.75, 3.05) is 19.0 Å². The molecule has 4 heterocycles. The quantitative estimate of drug-likeness (QED) is 0.283. The molecule has 2 fully saturated rings. The van der Waals surface area contributed by atoms with Gasteiger partial charge in [-0.1, -0.05) is 12.8 Å². The van der Waals surface area contributed by atoms with Crippen molar-refractivity contribution in [1.29, 1.82) is 0 Å². The van der Waals surface area contributed by atoms with Gasteiger partial charge < -0.3 is 30.7 Å². The molecule has 1 saturated heterocycles. The minimum atomic E-state index is -1.27. The first-order valence-corrected chi connectivity index (χ1v) is 11.9. The highest BCUT2D eigenvalue weighted by Gasteiger charge is 2.44. The molecule has 0 unspecified atom stereocenters. The standard InChI is InChI=1S/C22H30N8O5/c1-23-15(32)7-6-12-8-25-30(9-12)22-27-19(26-13-4-2-3-5-13)16-20(28-22)29(11-24-16)21-18(34)17(33)14(10-31)35-21/h8-9,11,13-14,17-18,21,31,33-34H,2-7,10H2,1H3,(H,23,32)(H,26,27,28)/t14-,17-,18+,21-/m1/s1. The molecule has 1 saturated carbocycles. The summed E-state index contributed by atoms with van der Waals surface area (Å²) in [6.07, 6.45) is 5.74. The third-order valence-electron chi connectivity index (χ3n) is 6.66. The summed E-state index contributed by atoms with van der Waals surface area (Å²) < 4.78 is 8.78. The maximum atomic E-state index is 11.6. The van der Waals surface area contributed by atoms with Gasteiger partial charge in [0.15, 0.2) is 23.2 Å². The predicted molar refractivity (Wildman–Crippen MR) is 124 cm³/mol. The number of nitrogens with zero attached hydrogens (tertiary/aromatic N) is 6. The Morgan fingerprint density at radius 1 is 1.23 bits per heavy atom. The van der Waals surface area contributed by atoms with Gasteiger partial charge in [0.25, 0.3) is 5.95 Å². The summed E-state index contributed by atoms with van der Waals surface area (Å²) in [4.78, 5) is 25.4. The number of nitrogens with one attached hydrogen (secondary N) is 2. The van der Waals surface area contributed by atoms with Gasteiger partial charge in [-0.2, -0.15) is 15.1 Å². The van der Waals surface area contributed by atoms with Crippen molar-refractivity contribution in [3.05, 3.63) is 24.3 Å². The molecule has 3 aromatic heterocycles. The predicted octanol–water partition coefficient (Wildman–Crippen LogP) is -0.343. The lowest BCUT2D eigenvalue weighted by atomic mass is 10.1. The number of aliphatic hydroxyl groups excluding tert-OH is 3. The molecule has 13 nitrogen and oxygen atoms in total. The van der Waals surface area contributed by atoms with E-state index in [9.17, 15) is 20.1 Å². The van der Waals surface area contributed by atoms with E-state index in [1.807, 2.05) is 0 Å². The second-order valence-corrected chi connectivity index (χ2v) is 9.02. The molecule has 188 valence electrons. The number of ether oxygens (including phenoxy) is 1. The van der Waals surface area contributed by atoms with Crippen LogP contribution in [0.1, 0.15) is 43.9 Å². The average Bonchev–Trinajstić information content (AvgIpc) is 3.66. The molecular formula is C22H30N8O5. The molecule has 1 aliphatic heterocycles. The van der Waals surface area contributed by atoms with Crippen LogP contribution in [0.15, 0.2) is 18.7 Å². The van der Waals surface area contributed by atoms with Gasteiger partial charge in [-0.05, 0) is 24.8 Å². The summed E-state index contributed by atoms with van der Waals surface area (Å²) in [5, 5.41) is 40.7. The van der Waals surface area contributed by atoms with Crippen LogP contribution in [0, 0.1) is 0 Å². The molecular weight excluding hydrogens is 456 g/mol. The number of carbonyl (C=O) groups is 1. The van der Waals surface area contributed by atoms with Crippen molar-refractivity contribution in [3.8, 4) is 5.95 Å². The largest absolute Gasteiger partial charge is 0.394 e. The zero-order valence-corrected chi connectivity index (χ0v) is 19.4. The number of anilines is 1. The molecule has 5 N–H and O–H groups in total. The van der Waals surface area contributed by atoms with Gasteiger partial charge in [-0.3, -0.25) is 9.36 Å². The fraction of sp³-hybridized carbons (Fsp3) is 0.591. The summed E-state index contributed by atoms with van der Waals surface area (Å²) >= 11 is 0. The van der Waals surface area contributed by atoms with E-state index in [0.717, 1.165) is 31.2 Å². The maximum Gasteiger partial charge on any atom is 0.254 e. The van der Waals surface area contributed by atoms with Crippen molar-refractivity contribution in [2.45, 2.75) is 69.1 Å². The van der Waals surface area contributed by atoms with Crippen molar-refractivity contribution >= 4 is 22.9 Å². The number of fused-ring (bicyclic) bond motifs is 1. The van der Waals surface area contributed by atoms with Crippen molar-refractivity contribution < 1.29 is 24.9 Å². The lowest BCUT2D eigenvalue weighted by Crippen LogP contribution is -2.33. The van der Waals surface area contributed by atoms with Crippen molar-refractivity contribution in [1.82, 2.24) is 34.6 Å². The van der Waals surface area contributed by atoms with Gasteiger partial charge in [0.1, 0.15) is 18.3 Å². The number of hydrogen-bond donors (Lipinski definition) is 5. The molecule has 2 aliphatic rings. The number of amides is 1. The molecule has 13 heteroatoms. The normalized spacial score (nSPS) is 24.9. The van der Waals surface area contributed by atoms with Crippen molar-refractivity contribution in [3.63, 3.8) is 0 Å². The molecule has 35 heavy (non-hydrogen) atoms. The third-order valence-corrected chi connectivity index (χ3v) is 6.66. The summed E-state index contributed by atoms with van der Waals surface area (Å²) in [6.45, 7) is -0.428. The zero-order chi connectivity index (χ0) is 24.5. The molecule has 5 rings (SSSR count). The van der Waals surface area contributed by atoms with Gasteiger partial charge in [0, 0.05) is 25.7 Å². The molecule has 1 aliphatic carbocycles. The fourth-order valence-electron chi connectivity index (χ4n) is 4.65. The first kappa shape index (κ1) is 23.6. The third kappa shape index (κ3) is 4.59. The Balaban J connectivity index is 1.52. The summed E-state index contributed by atoms with van der Waals surface area (Å²) in [5.41, 5.74) is 1.76. The van der Waals surface area contributed by atoms with E-state index >= 15 is 0 Å². The van der Waals surface area contributed by atoms with Gasteiger partial charge in [0.2, 0.25) is 5.91 Å². The molecule has 0 aromatic carbocycles. The molecule has 0 bridgehead atoms. The molecule has 4 atom stereocenters. The zero-order valence-electron chi connectivity index (χ0n) is 19.4. The smallest absolute Gasteiger partial charge is 0.254 e.